The lowest BCUT2D eigenvalue weighted by Gasteiger charge is -2.26. The molecule has 7 heteroatoms. The number of carbonyl (C=O) groups is 3. The van der Waals surface area contributed by atoms with Crippen LogP contribution < -0.4 is 10.6 Å². The molecule has 3 rings (SSSR count). The van der Waals surface area contributed by atoms with E-state index < -0.39 is 30.1 Å². The zero-order valence-electron chi connectivity index (χ0n) is 23.0. The lowest BCUT2D eigenvalue weighted by molar-refractivity contribution is -0.148. The van der Waals surface area contributed by atoms with Crippen LogP contribution in [0.5, 0.6) is 0 Å². The van der Waals surface area contributed by atoms with Gasteiger partial charge in [-0.15, -0.1) is 0 Å². The smallest absolute Gasteiger partial charge is 0.334 e. The summed E-state index contributed by atoms with van der Waals surface area (Å²) in [5.74, 6) is -2.13. The van der Waals surface area contributed by atoms with Crippen molar-refractivity contribution in [2.75, 3.05) is 0 Å². The van der Waals surface area contributed by atoms with Crippen LogP contribution in [0.15, 0.2) is 97.1 Å². The van der Waals surface area contributed by atoms with Gasteiger partial charge in [-0.25, -0.2) is 4.79 Å². The summed E-state index contributed by atoms with van der Waals surface area (Å²) in [6.45, 7) is 3.88. The van der Waals surface area contributed by atoms with E-state index in [4.69, 9.17) is 0 Å². The Bertz CT molecular complexity index is 1220. The molecular weight excluding hydrogens is 504 g/mol. The van der Waals surface area contributed by atoms with Gasteiger partial charge in [0.15, 0.2) is 6.10 Å². The second kappa shape index (κ2) is 15.4. The van der Waals surface area contributed by atoms with Crippen molar-refractivity contribution in [3.63, 3.8) is 0 Å². The number of aliphatic carboxylic acids is 1. The third-order valence-electron chi connectivity index (χ3n) is 6.51. The van der Waals surface area contributed by atoms with Crippen molar-refractivity contribution in [1.29, 1.82) is 0 Å². The van der Waals surface area contributed by atoms with Crippen LogP contribution >= 0.6 is 0 Å². The molecule has 0 saturated heterocycles. The normalized spacial score (nSPS) is 13.1. The maximum Gasteiger partial charge on any atom is 0.334 e. The molecule has 2 amide bonds. The van der Waals surface area contributed by atoms with Crippen LogP contribution in [-0.4, -0.2) is 46.2 Å². The number of carbonyl (C=O) groups excluding carboxylic acids is 2. The van der Waals surface area contributed by atoms with Gasteiger partial charge in [-0.2, -0.15) is 0 Å². The van der Waals surface area contributed by atoms with E-state index in [1.54, 1.807) is 24.3 Å². The molecule has 0 saturated carbocycles. The van der Waals surface area contributed by atoms with E-state index in [-0.39, 0.29) is 24.7 Å². The van der Waals surface area contributed by atoms with Crippen LogP contribution in [0.2, 0.25) is 0 Å². The Balaban J connectivity index is 1.69. The number of aliphatic hydroxyl groups excluding tert-OH is 1. The number of allylic oxidation sites excluding steroid dienone is 1. The molecule has 4 N–H and O–H groups in total. The van der Waals surface area contributed by atoms with Gasteiger partial charge in [0.1, 0.15) is 6.04 Å². The summed E-state index contributed by atoms with van der Waals surface area (Å²) in [6.07, 6.45) is 1.38. The van der Waals surface area contributed by atoms with E-state index in [9.17, 15) is 24.6 Å². The van der Waals surface area contributed by atoms with Crippen molar-refractivity contribution < 1.29 is 24.6 Å². The summed E-state index contributed by atoms with van der Waals surface area (Å²) in [5, 5.41) is 25.2. The molecule has 0 aromatic heterocycles. The van der Waals surface area contributed by atoms with Gasteiger partial charge < -0.3 is 20.8 Å². The van der Waals surface area contributed by atoms with Gasteiger partial charge in [0.05, 0.1) is 6.04 Å². The second-order valence-electron chi connectivity index (χ2n) is 10.2. The molecular formula is C33H38N2O5. The monoisotopic (exact) mass is 542 g/mol. The van der Waals surface area contributed by atoms with E-state index >= 15 is 0 Å². The second-order valence-corrected chi connectivity index (χ2v) is 10.2. The highest BCUT2D eigenvalue weighted by Crippen LogP contribution is 2.24. The Morgan fingerprint density at radius 3 is 1.82 bits per heavy atom. The third kappa shape index (κ3) is 9.50. The molecule has 0 aliphatic heterocycles. The fraction of sp³-hybridized carbons (Fsp3) is 0.303. The number of benzene rings is 3. The van der Waals surface area contributed by atoms with Crippen molar-refractivity contribution in [3.8, 4) is 0 Å². The number of hydrogen-bond donors (Lipinski definition) is 4. The summed E-state index contributed by atoms with van der Waals surface area (Å²) in [4.78, 5) is 37.7. The number of carboxylic acid groups (broad SMARTS) is 1. The average molecular weight is 543 g/mol. The predicted molar refractivity (Wildman–Crippen MR) is 156 cm³/mol. The van der Waals surface area contributed by atoms with Gasteiger partial charge in [0.25, 0.3) is 0 Å². The van der Waals surface area contributed by atoms with Crippen LogP contribution in [0.3, 0.4) is 0 Å². The van der Waals surface area contributed by atoms with Crippen molar-refractivity contribution in [1.82, 2.24) is 10.6 Å². The molecule has 0 heterocycles. The summed E-state index contributed by atoms with van der Waals surface area (Å²) in [7, 11) is 0. The maximum atomic E-state index is 13.3. The summed E-state index contributed by atoms with van der Waals surface area (Å²) < 4.78 is 0. The number of carboxylic acids is 1. The van der Waals surface area contributed by atoms with E-state index in [1.807, 2.05) is 86.7 Å². The van der Waals surface area contributed by atoms with Crippen molar-refractivity contribution in [3.05, 3.63) is 114 Å². The maximum absolute atomic E-state index is 13.3. The first-order valence-electron chi connectivity index (χ1n) is 13.6. The standard InChI is InChI=1S/C33H38N2O5/c1-23(2)21-29(32(38)35-28(31(37)33(39)40)22-24-13-6-3-7-14-24)34-30(36)20-12-19-27(25-15-8-4-9-16-25)26-17-10-5-11-18-26/h3-11,13-19,23,28-29,31,37H,12,20-22H2,1-2H3,(H,34,36)(H,35,38)(H,39,40)/t28-,29-,31+/m0/s1. The first-order chi connectivity index (χ1) is 19.2. The Kier molecular flexibility index (Phi) is 11.7. The Hall–Kier alpha value is -4.23. The first kappa shape index (κ1) is 30.3. The van der Waals surface area contributed by atoms with Gasteiger partial charge in [-0.3, -0.25) is 9.59 Å². The third-order valence-corrected chi connectivity index (χ3v) is 6.51. The van der Waals surface area contributed by atoms with Gasteiger partial charge in [-0.1, -0.05) is 111 Å². The van der Waals surface area contributed by atoms with Crippen LogP contribution in [0, 0.1) is 5.92 Å². The lowest BCUT2D eigenvalue weighted by atomic mass is 9.96. The SMILES string of the molecule is CC(C)C[C@H](NC(=O)CCC=C(c1ccccc1)c1ccccc1)C(=O)N[C@@H](Cc1ccccc1)[C@@H](O)C(=O)O. The topological polar surface area (TPSA) is 116 Å². The molecule has 0 spiro atoms. The molecule has 3 atom stereocenters. The highest BCUT2D eigenvalue weighted by molar-refractivity contribution is 5.88. The highest BCUT2D eigenvalue weighted by atomic mass is 16.4. The summed E-state index contributed by atoms with van der Waals surface area (Å²) in [6, 6.07) is 27.0. The van der Waals surface area contributed by atoms with E-state index in [0.29, 0.717) is 12.8 Å². The van der Waals surface area contributed by atoms with Gasteiger partial charge >= 0.3 is 5.97 Å². The number of rotatable bonds is 14. The minimum Gasteiger partial charge on any atom is -0.479 e. The number of amides is 2. The van der Waals surface area contributed by atoms with Crippen molar-refractivity contribution in [2.24, 2.45) is 5.92 Å². The number of aliphatic hydroxyl groups is 1. The van der Waals surface area contributed by atoms with Crippen LogP contribution in [0.4, 0.5) is 0 Å². The zero-order chi connectivity index (χ0) is 28.9. The van der Waals surface area contributed by atoms with E-state index in [2.05, 4.69) is 10.6 Å². The predicted octanol–water partition coefficient (Wildman–Crippen LogP) is 4.60. The number of nitrogens with one attached hydrogen (secondary N) is 2. The molecule has 210 valence electrons. The molecule has 7 nitrogen and oxygen atoms in total. The van der Waals surface area contributed by atoms with Gasteiger partial charge in [0, 0.05) is 6.42 Å². The van der Waals surface area contributed by atoms with E-state index in [1.165, 1.54) is 0 Å². The molecule has 0 aliphatic carbocycles. The highest BCUT2D eigenvalue weighted by Gasteiger charge is 2.31. The number of hydrogen-bond acceptors (Lipinski definition) is 4. The molecule has 3 aromatic carbocycles. The first-order valence-corrected chi connectivity index (χ1v) is 13.6. The summed E-state index contributed by atoms with van der Waals surface area (Å²) >= 11 is 0. The van der Waals surface area contributed by atoms with E-state index in [0.717, 1.165) is 22.3 Å². The van der Waals surface area contributed by atoms with Crippen molar-refractivity contribution in [2.45, 2.75) is 57.7 Å². The average Bonchev–Trinajstić information content (AvgIpc) is 2.95. The minimum absolute atomic E-state index is 0.0932. The zero-order valence-corrected chi connectivity index (χ0v) is 23.0. The summed E-state index contributed by atoms with van der Waals surface area (Å²) in [5.41, 5.74) is 3.90. The van der Waals surface area contributed by atoms with Crippen LogP contribution in [0.1, 0.15) is 49.8 Å². The molecule has 0 bridgehead atoms. The Morgan fingerprint density at radius 2 is 1.32 bits per heavy atom. The molecule has 3 aromatic rings. The molecule has 0 unspecified atom stereocenters. The van der Waals surface area contributed by atoms with Gasteiger partial charge in [-0.05, 0) is 47.4 Å². The fourth-order valence-electron chi connectivity index (χ4n) is 4.52. The van der Waals surface area contributed by atoms with Crippen LogP contribution in [0.25, 0.3) is 5.57 Å². The fourth-order valence-corrected chi connectivity index (χ4v) is 4.52. The molecule has 0 fully saturated rings. The quantitative estimate of drug-likeness (QED) is 0.238. The van der Waals surface area contributed by atoms with Crippen LogP contribution in [-0.2, 0) is 20.8 Å². The largest absolute Gasteiger partial charge is 0.479 e. The van der Waals surface area contributed by atoms with Crippen molar-refractivity contribution >= 4 is 23.4 Å². The molecule has 40 heavy (non-hydrogen) atoms. The Labute approximate surface area is 236 Å². The molecule has 0 aliphatic rings. The molecule has 0 radical (unpaired) electrons. The minimum atomic E-state index is -1.79. The Morgan fingerprint density at radius 1 is 0.800 bits per heavy atom. The lowest BCUT2D eigenvalue weighted by Crippen LogP contribution is -2.55. The van der Waals surface area contributed by atoms with Gasteiger partial charge in [0.2, 0.25) is 11.8 Å².